The lowest BCUT2D eigenvalue weighted by Gasteiger charge is -2.12. The number of aromatic nitrogens is 1. The third-order valence-electron chi connectivity index (χ3n) is 5.62. The lowest BCUT2D eigenvalue weighted by Crippen LogP contribution is -2.24. The van der Waals surface area contributed by atoms with Crippen molar-refractivity contribution in [2.45, 2.75) is 13.0 Å². The van der Waals surface area contributed by atoms with Gasteiger partial charge in [-0.2, -0.15) is 0 Å². The molecule has 0 unspecified atom stereocenters. The SMILES string of the molecule is O=C(NCc1ccc2c(c1)OCCCO2)C1=CC=CC=C(Nc2nccc3ccc(Cl)cc23)C=C1. The van der Waals surface area contributed by atoms with Gasteiger partial charge in [-0.15, -0.1) is 0 Å². The minimum absolute atomic E-state index is 0.172. The molecule has 7 heteroatoms. The van der Waals surface area contributed by atoms with E-state index in [4.69, 9.17) is 21.1 Å². The summed E-state index contributed by atoms with van der Waals surface area (Å²) < 4.78 is 11.4. The number of allylic oxidation sites excluding steroid dienone is 5. The Morgan fingerprint density at radius 1 is 0.971 bits per heavy atom. The molecule has 3 aromatic rings. The van der Waals surface area contributed by atoms with E-state index in [2.05, 4.69) is 15.6 Å². The van der Waals surface area contributed by atoms with Crippen LogP contribution in [0.1, 0.15) is 12.0 Å². The van der Waals surface area contributed by atoms with Gasteiger partial charge in [-0.1, -0.05) is 35.9 Å². The molecular formula is C28H24ClN3O3. The first-order valence-corrected chi connectivity index (χ1v) is 11.8. The second kappa shape index (κ2) is 10.5. The zero-order valence-electron chi connectivity index (χ0n) is 19.0. The summed E-state index contributed by atoms with van der Waals surface area (Å²) in [5.41, 5.74) is 2.27. The van der Waals surface area contributed by atoms with E-state index < -0.39 is 0 Å². The standard InChI is InChI=1S/C28H24ClN3O3/c29-22-9-7-20-12-13-30-27(24(20)17-22)32-23-5-2-1-4-21(8-10-23)28(33)31-18-19-6-11-25-26(16-19)35-15-3-14-34-25/h1-2,4-13,16-17H,3,14-15,18H2,(H,30,32)(H,31,33). The molecular weight excluding hydrogens is 462 g/mol. The Bertz CT molecular complexity index is 1390. The van der Waals surface area contributed by atoms with Gasteiger partial charge < -0.3 is 20.1 Å². The molecule has 2 heterocycles. The second-order valence-electron chi connectivity index (χ2n) is 8.13. The normalized spacial score (nSPS) is 14.9. The number of pyridine rings is 1. The number of fused-ring (bicyclic) bond motifs is 2. The molecule has 1 amide bonds. The van der Waals surface area contributed by atoms with Crippen molar-refractivity contribution in [1.82, 2.24) is 10.3 Å². The predicted octanol–water partition coefficient (Wildman–Crippen LogP) is 5.71. The zero-order valence-corrected chi connectivity index (χ0v) is 19.7. The molecule has 0 atom stereocenters. The van der Waals surface area contributed by atoms with Gasteiger partial charge >= 0.3 is 0 Å². The second-order valence-corrected chi connectivity index (χ2v) is 8.56. The summed E-state index contributed by atoms with van der Waals surface area (Å²) in [5.74, 6) is 1.98. The molecule has 1 aromatic heterocycles. The lowest BCUT2D eigenvalue weighted by atomic mass is 10.1. The van der Waals surface area contributed by atoms with Crippen LogP contribution >= 0.6 is 11.6 Å². The Morgan fingerprint density at radius 2 is 1.83 bits per heavy atom. The molecule has 1 aliphatic carbocycles. The largest absolute Gasteiger partial charge is 0.490 e. The molecule has 35 heavy (non-hydrogen) atoms. The van der Waals surface area contributed by atoms with Crippen molar-refractivity contribution in [3.05, 3.63) is 107 Å². The molecule has 0 fully saturated rings. The number of hydrogen-bond donors (Lipinski definition) is 2. The number of ether oxygens (including phenoxy) is 2. The molecule has 0 saturated heterocycles. The van der Waals surface area contributed by atoms with E-state index in [9.17, 15) is 4.79 Å². The van der Waals surface area contributed by atoms with Crippen molar-refractivity contribution in [3.8, 4) is 11.5 Å². The molecule has 0 radical (unpaired) electrons. The van der Waals surface area contributed by atoms with Crippen molar-refractivity contribution in [2.24, 2.45) is 0 Å². The lowest BCUT2D eigenvalue weighted by molar-refractivity contribution is -0.117. The smallest absolute Gasteiger partial charge is 0.251 e. The predicted molar refractivity (Wildman–Crippen MR) is 139 cm³/mol. The summed E-state index contributed by atoms with van der Waals surface area (Å²) in [4.78, 5) is 17.3. The number of nitrogens with one attached hydrogen (secondary N) is 2. The number of carbonyl (C=O) groups excluding carboxylic acids is 1. The number of nitrogens with zero attached hydrogens (tertiary/aromatic N) is 1. The molecule has 0 saturated carbocycles. The van der Waals surface area contributed by atoms with Crippen molar-refractivity contribution < 1.29 is 14.3 Å². The molecule has 2 aromatic carbocycles. The minimum Gasteiger partial charge on any atom is -0.490 e. The summed E-state index contributed by atoms with van der Waals surface area (Å²) in [6.07, 6.45) is 13.7. The highest BCUT2D eigenvalue weighted by Gasteiger charge is 2.12. The van der Waals surface area contributed by atoms with E-state index in [0.717, 1.165) is 34.2 Å². The van der Waals surface area contributed by atoms with E-state index >= 15 is 0 Å². The van der Waals surface area contributed by atoms with Gasteiger partial charge in [-0.3, -0.25) is 4.79 Å². The summed E-state index contributed by atoms with van der Waals surface area (Å²) in [6.45, 7) is 1.65. The summed E-state index contributed by atoms with van der Waals surface area (Å²) in [5, 5.41) is 8.92. The number of rotatable bonds is 5. The van der Waals surface area contributed by atoms with Crippen LogP contribution in [0.3, 0.4) is 0 Å². The average molecular weight is 486 g/mol. The molecule has 1 aliphatic heterocycles. The van der Waals surface area contributed by atoms with Gasteiger partial charge in [0.2, 0.25) is 0 Å². The van der Waals surface area contributed by atoms with Gasteiger partial charge in [-0.05, 0) is 65.6 Å². The number of carbonyl (C=O) groups is 1. The van der Waals surface area contributed by atoms with Crippen LogP contribution in [-0.2, 0) is 11.3 Å². The number of amides is 1. The summed E-state index contributed by atoms with van der Waals surface area (Å²) in [7, 11) is 0. The molecule has 176 valence electrons. The molecule has 0 spiro atoms. The number of anilines is 1. The van der Waals surface area contributed by atoms with Crippen LogP contribution in [0, 0.1) is 0 Å². The first-order valence-electron chi connectivity index (χ1n) is 11.4. The highest BCUT2D eigenvalue weighted by molar-refractivity contribution is 6.31. The molecule has 5 rings (SSSR count). The maximum atomic E-state index is 12.9. The Hall–Kier alpha value is -4.03. The van der Waals surface area contributed by atoms with Crippen molar-refractivity contribution in [3.63, 3.8) is 0 Å². The summed E-state index contributed by atoms with van der Waals surface area (Å²) in [6, 6.07) is 13.4. The van der Waals surface area contributed by atoms with Crippen LogP contribution in [0.25, 0.3) is 10.8 Å². The average Bonchev–Trinajstić information content (AvgIpc) is 3.10. The highest BCUT2D eigenvalue weighted by Crippen LogP contribution is 2.30. The van der Waals surface area contributed by atoms with Crippen LogP contribution in [0.2, 0.25) is 5.02 Å². The minimum atomic E-state index is -0.172. The topological polar surface area (TPSA) is 72.5 Å². The van der Waals surface area contributed by atoms with Gasteiger partial charge in [0.25, 0.3) is 5.91 Å². The monoisotopic (exact) mass is 485 g/mol. The molecule has 6 nitrogen and oxygen atoms in total. The highest BCUT2D eigenvalue weighted by atomic mass is 35.5. The molecule has 0 bridgehead atoms. The van der Waals surface area contributed by atoms with Gasteiger partial charge in [-0.25, -0.2) is 4.98 Å². The number of hydrogen-bond acceptors (Lipinski definition) is 5. The number of halogens is 1. The van der Waals surface area contributed by atoms with Crippen molar-refractivity contribution in [1.29, 1.82) is 0 Å². The maximum absolute atomic E-state index is 12.9. The number of benzene rings is 2. The van der Waals surface area contributed by atoms with Crippen LogP contribution < -0.4 is 20.1 Å². The fourth-order valence-electron chi connectivity index (χ4n) is 3.82. The molecule has 2 N–H and O–H groups in total. The van der Waals surface area contributed by atoms with Crippen molar-refractivity contribution in [2.75, 3.05) is 18.5 Å². The van der Waals surface area contributed by atoms with E-state index in [-0.39, 0.29) is 5.91 Å². The third kappa shape index (κ3) is 5.55. The third-order valence-corrected chi connectivity index (χ3v) is 5.86. The van der Waals surface area contributed by atoms with Crippen LogP contribution in [0.4, 0.5) is 5.82 Å². The van der Waals surface area contributed by atoms with Crippen molar-refractivity contribution >= 4 is 34.1 Å². The Kier molecular flexibility index (Phi) is 6.82. The van der Waals surface area contributed by atoms with Gasteiger partial charge in [0.05, 0.1) is 13.2 Å². The fraction of sp³-hybridized carbons (Fsp3) is 0.143. The Morgan fingerprint density at radius 3 is 2.74 bits per heavy atom. The fourth-order valence-corrected chi connectivity index (χ4v) is 3.99. The summed E-state index contributed by atoms with van der Waals surface area (Å²) >= 11 is 6.19. The maximum Gasteiger partial charge on any atom is 0.251 e. The first kappa shape index (κ1) is 22.7. The van der Waals surface area contributed by atoms with Gasteiger partial charge in [0, 0.05) is 40.8 Å². The zero-order chi connectivity index (χ0) is 24.0. The Labute approximate surface area is 208 Å². The van der Waals surface area contributed by atoms with E-state index in [1.807, 2.05) is 66.8 Å². The van der Waals surface area contributed by atoms with Crippen LogP contribution in [0.5, 0.6) is 11.5 Å². The van der Waals surface area contributed by atoms with Gasteiger partial charge in [0.15, 0.2) is 11.5 Å². The molecule has 2 aliphatic rings. The van der Waals surface area contributed by atoms with Gasteiger partial charge in [0.1, 0.15) is 5.82 Å². The van der Waals surface area contributed by atoms with Crippen LogP contribution in [0.15, 0.2) is 96.4 Å². The Balaban J connectivity index is 1.26. The van der Waals surface area contributed by atoms with E-state index in [1.54, 1.807) is 18.3 Å². The van der Waals surface area contributed by atoms with E-state index in [0.29, 0.717) is 41.9 Å². The van der Waals surface area contributed by atoms with Crippen LogP contribution in [-0.4, -0.2) is 24.1 Å². The quantitative estimate of drug-likeness (QED) is 0.484. The first-order chi connectivity index (χ1) is 17.2. The van der Waals surface area contributed by atoms with E-state index in [1.165, 1.54) is 0 Å².